The Balaban J connectivity index is 1.91. The number of thiazole rings is 1. The van der Waals surface area contributed by atoms with Crippen LogP contribution in [-0.2, 0) is 0 Å². The zero-order valence-electron chi connectivity index (χ0n) is 12.1. The summed E-state index contributed by atoms with van der Waals surface area (Å²) in [6, 6.07) is 13.5. The molecule has 5 nitrogen and oxygen atoms in total. The van der Waals surface area contributed by atoms with Gasteiger partial charge in [0.25, 0.3) is 0 Å². The molecule has 1 heterocycles. The van der Waals surface area contributed by atoms with Gasteiger partial charge < -0.3 is 11.1 Å². The van der Waals surface area contributed by atoms with Crippen LogP contribution >= 0.6 is 11.3 Å². The molecule has 0 aliphatic rings. The number of carbonyl (C=O) groups is 1. The lowest BCUT2D eigenvalue weighted by molar-refractivity contribution is 0.252. The van der Waals surface area contributed by atoms with Gasteiger partial charge in [0, 0.05) is 12.2 Å². The SMILES string of the molecule is CCNC(=O)Nc1nc2ccc(-c3cccc(N)c3)cc2s1. The maximum atomic E-state index is 11.5. The zero-order valence-corrected chi connectivity index (χ0v) is 12.9. The molecule has 3 aromatic rings. The van der Waals surface area contributed by atoms with Crippen LogP contribution < -0.4 is 16.4 Å². The zero-order chi connectivity index (χ0) is 15.5. The molecule has 0 aliphatic carbocycles. The molecule has 0 saturated carbocycles. The van der Waals surface area contributed by atoms with Gasteiger partial charge >= 0.3 is 6.03 Å². The number of anilines is 2. The van der Waals surface area contributed by atoms with E-state index in [-0.39, 0.29) is 6.03 Å². The molecule has 0 atom stereocenters. The van der Waals surface area contributed by atoms with Crippen molar-refractivity contribution in [1.82, 2.24) is 10.3 Å². The molecule has 3 rings (SSSR count). The Bertz CT molecular complexity index is 828. The fourth-order valence-corrected chi connectivity index (χ4v) is 3.08. The van der Waals surface area contributed by atoms with Gasteiger partial charge in [0.15, 0.2) is 5.13 Å². The largest absolute Gasteiger partial charge is 0.399 e. The summed E-state index contributed by atoms with van der Waals surface area (Å²) >= 11 is 1.45. The number of nitrogens with zero attached hydrogens (tertiary/aromatic N) is 1. The fraction of sp³-hybridized carbons (Fsp3) is 0.125. The van der Waals surface area contributed by atoms with Gasteiger partial charge in [-0.15, -0.1) is 0 Å². The molecule has 0 bridgehead atoms. The van der Waals surface area contributed by atoms with Crippen LogP contribution in [0.5, 0.6) is 0 Å². The molecule has 112 valence electrons. The quantitative estimate of drug-likeness (QED) is 0.645. The highest BCUT2D eigenvalue weighted by atomic mass is 32.1. The minimum absolute atomic E-state index is 0.238. The van der Waals surface area contributed by atoms with E-state index in [4.69, 9.17) is 5.73 Å². The van der Waals surface area contributed by atoms with E-state index in [1.54, 1.807) is 0 Å². The second kappa shape index (κ2) is 6.03. The number of hydrogen-bond acceptors (Lipinski definition) is 4. The third-order valence-electron chi connectivity index (χ3n) is 3.17. The van der Waals surface area contributed by atoms with E-state index in [1.165, 1.54) is 11.3 Å². The van der Waals surface area contributed by atoms with Crippen molar-refractivity contribution in [2.75, 3.05) is 17.6 Å². The van der Waals surface area contributed by atoms with Crippen LogP contribution in [0.3, 0.4) is 0 Å². The van der Waals surface area contributed by atoms with Crippen LogP contribution in [-0.4, -0.2) is 17.6 Å². The topological polar surface area (TPSA) is 80.0 Å². The number of fused-ring (bicyclic) bond motifs is 1. The standard InChI is InChI=1S/C16H16N4OS/c1-2-18-15(21)20-16-19-13-7-6-11(9-14(13)22-16)10-4-3-5-12(17)8-10/h3-9H,2,17H2,1H3,(H2,18,19,20,21). The van der Waals surface area contributed by atoms with Crippen molar-refractivity contribution in [3.63, 3.8) is 0 Å². The molecular weight excluding hydrogens is 296 g/mol. The first-order chi connectivity index (χ1) is 10.7. The third-order valence-corrected chi connectivity index (χ3v) is 4.10. The highest BCUT2D eigenvalue weighted by Crippen LogP contribution is 2.31. The molecule has 0 radical (unpaired) electrons. The van der Waals surface area contributed by atoms with Gasteiger partial charge in [0.2, 0.25) is 0 Å². The highest BCUT2D eigenvalue weighted by molar-refractivity contribution is 7.22. The van der Waals surface area contributed by atoms with Gasteiger partial charge in [-0.05, 0) is 42.3 Å². The summed E-state index contributed by atoms with van der Waals surface area (Å²) in [6.07, 6.45) is 0. The lowest BCUT2D eigenvalue weighted by Gasteiger charge is -2.02. The maximum Gasteiger partial charge on any atom is 0.321 e. The molecule has 2 amide bonds. The van der Waals surface area contributed by atoms with E-state index in [0.717, 1.165) is 27.0 Å². The van der Waals surface area contributed by atoms with Gasteiger partial charge in [-0.3, -0.25) is 5.32 Å². The molecule has 22 heavy (non-hydrogen) atoms. The van der Waals surface area contributed by atoms with Crippen LogP contribution in [0, 0.1) is 0 Å². The maximum absolute atomic E-state index is 11.5. The van der Waals surface area contributed by atoms with Crippen LogP contribution in [0.15, 0.2) is 42.5 Å². The molecule has 6 heteroatoms. The Kier molecular flexibility index (Phi) is 3.93. The summed E-state index contributed by atoms with van der Waals surface area (Å²) in [5.74, 6) is 0. The predicted molar refractivity (Wildman–Crippen MR) is 92.2 cm³/mol. The van der Waals surface area contributed by atoms with Crippen LogP contribution in [0.4, 0.5) is 15.6 Å². The van der Waals surface area contributed by atoms with Gasteiger partial charge in [-0.2, -0.15) is 0 Å². The summed E-state index contributed by atoms with van der Waals surface area (Å²) in [5, 5.41) is 6.01. The average molecular weight is 312 g/mol. The van der Waals surface area contributed by atoms with Crippen molar-refractivity contribution in [2.24, 2.45) is 0 Å². The summed E-state index contributed by atoms with van der Waals surface area (Å²) in [4.78, 5) is 16.0. The number of benzene rings is 2. The van der Waals surface area contributed by atoms with Gasteiger partial charge in [0.1, 0.15) is 0 Å². The molecule has 0 saturated heterocycles. The summed E-state index contributed by atoms with van der Waals surface area (Å²) in [7, 11) is 0. The third kappa shape index (κ3) is 3.01. The van der Waals surface area contributed by atoms with E-state index < -0.39 is 0 Å². The monoisotopic (exact) mass is 312 g/mol. The number of carbonyl (C=O) groups excluding carboxylic acids is 1. The highest BCUT2D eigenvalue weighted by Gasteiger charge is 2.08. The number of urea groups is 1. The first-order valence-corrected chi connectivity index (χ1v) is 7.78. The minimum Gasteiger partial charge on any atom is -0.399 e. The lowest BCUT2D eigenvalue weighted by atomic mass is 10.1. The Morgan fingerprint density at radius 3 is 2.82 bits per heavy atom. The van der Waals surface area contributed by atoms with Crippen LogP contribution in [0.1, 0.15) is 6.92 Å². The van der Waals surface area contributed by atoms with Crippen molar-refractivity contribution < 1.29 is 4.79 Å². The van der Waals surface area contributed by atoms with E-state index in [1.807, 2.05) is 43.3 Å². The van der Waals surface area contributed by atoms with Crippen molar-refractivity contribution >= 4 is 38.4 Å². The number of aromatic nitrogens is 1. The Hall–Kier alpha value is -2.60. The molecule has 1 aromatic heterocycles. The van der Waals surface area contributed by atoms with Crippen LogP contribution in [0.2, 0.25) is 0 Å². The molecule has 0 fully saturated rings. The first-order valence-electron chi connectivity index (χ1n) is 6.97. The van der Waals surface area contributed by atoms with Crippen molar-refractivity contribution in [1.29, 1.82) is 0 Å². The Morgan fingerprint density at radius 1 is 1.23 bits per heavy atom. The van der Waals surface area contributed by atoms with Crippen molar-refractivity contribution in [3.8, 4) is 11.1 Å². The number of amides is 2. The summed E-state index contributed by atoms with van der Waals surface area (Å²) < 4.78 is 1.02. The average Bonchev–Trinajstić information content (AvgIpc) is 2.88. The van der Waals surface area contributed by atoms with Gasteiger partial charge in [-0.1, -0.05) is 29.5 Å². The van der Waals surface area contributed by atoms with E-state index in [0.29, 0.717) is 11.7 Å². The lowest BCUT2D eigenvalue weighted by Crippen LogP contribution is -2.28. The van der Waals surface area contributed by atoms with E-state index in [9.17, 15) is 4.79 Å². The number of nitrogens with two attached hydrogens (primary N) is 1. The predicted octanol–water partition coefficient (Wildman–Crippen LogP) is 3.69. The molecule has 0 aliphatic heterocycles. The molecule has 0 unspecified atom stereocenters. The smallest absolute Gasteiger partial charge is 0.321 e. The number of rotatable bonds is 3. The Morgan fingerprint density at radius 2 is 2.05 bits per heavy atom. The van der Waals surface area contributed by atoms with Gasteiger partial charge in [0.05, 0.1) is 10.2 Å². The second-order valence-corrected chi connectivity index (χ2v) is 5.84. The molecule has 0 spiro atoms. The fourth-order valence-electron chi connectivity index (χ4n) is 2.18. The Labute approximate surface area is 132 Å². The van der Waals surface area contributed by atoms with Crippen molar-refractivity contribution in [2.45, 2.75) is 6.92 Å². The normalized spacial score (nSPS) is 10.6. The summed E-state index contributed by atoms with van der Waals surface area (Å²) in [5.41, 5.74) is 9.57. The van der Waals surface area contributed by atoms with Gasteiger partial charge in [-0.25, -0.2) is 9.78 Å². The summed E-state index contributed by atoms with van der Waals surface area (Å²) in [6.45, 7) is 2.45. The molecular formula is C16H16N4OS. The van der Waals surface area contributed by atoms with Crippen molar-refractivity contribution in [3.05, 3.63) is 42.5 Å². The van der Waals surface area contributed by atoms with E-state index in [2.05, 4.69) is 21.7 Å². The second-order valence-electron chi connectivity index (χ2n) is 4.81. The number of hydrogen-bond donors (Lipinski definition) is 3. The first kappa shape index (κ1) is 14.3. The number of nitrogen functional groups attached to an aromatic ring is 1. The number of nitrogens with one attached hydrogen (secondary N) is 2. The van der Waals surface area contributed by atoms with E-state index >= 15 is 0 Å². The minimum atomic E-state index is -0.238. The molecule has 2 aromatic carbocycles. The molecule has 4 N–H and O–H groups in total. The van der Waals surface area contributed by atoms with Crippen LogP contribution in [0.25, 0.3) is 21.3 Å².